The number of morpholine rings is 1. The third kappa shape index (κ3) is 3.48. The molecule has 3 aliphatic heterocycles. The van der Waals surface area contributed by atoms with Crippen LogP contribution in [0.25, 0.3) is 10.2 Å². The highest BCUT2D eigenvalue weighted by Crippen LogP contribution is 2.48. The molecule has 3 saturated heterocycles. The number of methoxy groups -OCH3 is 1. The molecule has 0 saturated carbocycles. The number of nitrogens with two attached hydrogens (primary N) is 1. The van der Waals surface area contributed by atoms with Crippen molar-refractivity contribution >= 4 is 33.3 Å². The second kappa shape index (κ2) is 7.86. The van der Waals surface area contributed by atoms with Gasteiger partial charge in [-0.25, -0.2) is 9.78 Å². The summed E-state index contributed by atoms with van der Waals surface area (Å²) in [7, 11) is 1.69. The van der Waals surface area contributed by atoms with E-state index >= 15 is 0 Å². The van der Waals surface area contributed by atoms with Crippen molar-refractivity contribution in [3.8, 4) is 5.75 Å². The van der Waals surface area contributed by atoms with E-state index in [2.05, 4.69) is 11.0 Å². The van der Waals surface area contributed by atoms with E-state index in [0.29, 0.717) is 13.1 Å². The highest BCUT2D eigenvalue weighted by Gasteiger charge is 2.44. The molecule has 8 nitrogen and oxygen atoms in total. The molecule has 2 N–H and O–H groups in total. The summed E-state index contributed by atoms with van der Waals surface area (Å²) in [5.74, 6) is 0.798. The molecule has 2 amide bonds. The molecule has 1 atom stereocenters. The van der Waals surface area contributed by atoms with Crippen LogP contribution in [0.1, 0.15) is 36.8 Å². The molecule has 9 heteroatoms. The van der Waals surface area contributed by atoms with E-state index in [1.165, 1.54) is 5.69 Å². The van der Waals surface area contributed by atoms with Gasteiger partial charge in [-0.2, -0.15) is 0 Å². The number of likely N-dealkylation sites (tertiary alicyclic amines) is 1. The fraction of sp³-hybridized carbons (Fsp3) is 0.619. The quantitative estimate of drug-likeness (QED) is 0.802. The summed E-state index contributed by atoms with van der Waals surface area (Å²) < 4.78 is 18.9. The van der Waals surface area contributed by atoms with Crippen molar-refractivity contribution in [2.45, 2.75) is 37.4 Å². The number of thiazole rings is 1. The van der Waals surface area contributed by atoms with E-state index < -0.39 is 0 Å². The van der Waals surface area contributed by atoms with Crippen LogP contribution >= 0.6 is 11.3 Å². The van der Waals surface area contributed by atoms with Crippen LogP contribution in [0.4, 0.5) is 10.5 Å². The highest BCUT2D eigenvalue weighted by molar-refractivity contribution is 7.19. The maximum absolute atomic E-state index is 11.4. The van der Waals surface area contributed by atoms with Gasteiger partial charge in [-0.05, 0) is 37.8 Å². The maximum Gasteiger partial charge on any atom is 0.314 e. The lowest BCUT2D eigenvalue weighted by Crippen LogP contribution is -2.48. The molecule has 5 rings (SSSR count). The number of hydrogen-bond donors (Lipinski definition) is 1. The number of rotatable bonds is 3. The van der Waals surface area contributed by atoms with Crippen LogP contribution in [-0.2, 0) is 9.47 Å². The smallest absolute Gasteiger partial charge is 0.314 e. The summed E-state index contributed by atoms with van der Waals surface area (Å²) in [6.45, 7) is 4.58. The van der Waals surface area contributed by atoms with E-state index in [-0.39, 0.29) is 17.7 Å². The van der Waals surface area contributed by atoms with Gasteiger partial charge in [0.2, 0.25) is 0 Å². The summed E-state index contributed by atoms with van der Waals surface area (Å²) in [6.07, 6.45) is 3.60. The van der Waals surface area contributed by atoms with Crippen molar-refractivity contribution in [3.63, 3.8) is 0 Å². The molecule has 4 heterocycles. The zero-order valence-electron chi connectivity index (χ0n) is 17.3. The van der Waals surface area contributed by atoms with Crippen LogP contribution in [0.5, 0.6) is 5.75 Å². The normalized spacial score (nSPS) is 24.0. The molecular formula is C21H28N4O4S. The lowest BCUT2D eigenvalue weighted by atomic mass is 9.88. The Kier molecular flexibility index (Phi) is 5.20. The Bertz CT molecular complexity index is 934. The molecule has 0 aliphatic carbocycles. The maximum atomic E-state index is 11.4. The Morgan fingerprint density at radius 3 is 2.70 bits per heavy atom. The van der Waals surface area contributed by atoms with Gasteiger partial charge >= 0.3 is 6.03 Å². The zero-order valence-corrected chi connectivity index (χ0v) is 18.1. The number of urea groups is 1. The van der Waals surface area contributed by atoms with Crippen molar-refractivity contribution in [3.05, 3.63) is 17.1 Å². The molecule has 0 bridgehead atoms. The van der Waals surface area contributed by atoms with E-state index in [1.807, 2.05) is 6.07 Å². The predicted octanol–water partition coefficient (Wildman–Crippen LogP) is 2.91. The Morgan fingerprint density at radius 1 is 1.23 bits per heavy atom. The standard InChI is InChI=1S/C21H28N4O4S/c1-27-15-3-2-14(24-10-12-28-13-11-24)18-17(15)23-19(30-18)16-4-5-21(29-16)6-8-25(9-7-21)20(22)26/h2-3,16H,4-13H2,1H3,(H2,22,26). The topological polar surface area (TPSA) is 90.2 Å². The van der Waals surface area contributed by atoms with Gasteiger partial charge in [-0.15, -0.1) is 11.3 Å². The van der Waals surface area contributed by atoms with Gasteiger partial charge in [0, 0.05) is 26.2 Å². The molecule has 1 aromatic carbocycles. The van der Waals surface area contributed by atoms with Crippen molar-refractivity contribution in [1.29, 1.82) is 0 Å². The van der Waals surface area contributed by atoms with Gasteiger partial charge in [0.05, 0.1) is 36.3 Å². The Balaban J connectivity index is 1.41. The van der Waals surface area contributed by atoms with Crippen LogP contribution in [0, 0.1) is 0 Å². The van der Waals surface area contributed by atoms with Crippen LogP contribution < -0.4 is 15.4 Å². The third-order valence-electron chi connectivity index (χ3n) is 6.59. The largest absolute Gasteiger partial charge is 0.494 e. The van der Waals surface area contributed by atoms with E-state index in [4.69, 9.17) is 24.9 Å². The number of piperidine rings is 1. The summed E-state index contributed by atoms with van der Waals surface area (Å²) in [6, 6.07) is 3.80. The molecule has 30 heavy (non-hydrogen) atoms. The van der Waals surface area contributed by atoms with Gasteiger partial charge in [-0.3, -0.25) is 0 Å². The Labute approximate surface area is 179 Å². The third-order valence-corrected chi connectivity index (χ3v) is 7.76. The minimum atomic E-state index is -0.340. The first-order valence-corrected chi connectivity index (χ1v) is 11.4. The minimum absolute atomic E-state index is 0.00947. The SMILES string of the molecule is COc1ccc(N2CCOCC2)c2sc(C3CCC4(CCN(C(N)=O)CC4)O3)nc12. The first-order valence-electron chi connectivity index (χ1n) is 10.6. The molecule has 2 aromatic rings. The van der Waals surface area contributed by atoms with Gasteiger partial charge in [0.25, 0.3) is 0 Å². The summed E-state index contributed by atoms with van der Waals surface area (Å²) in [4.78, 5) is 20.5. The number of carbonyl (C=O) groups is 1. The number of carbonyl (C=O) groups excluding carboxylic acids is 1. The van der Waals surface area contributed by atoms with Gasteiger partial charge in [0.15, 0.2) is 0 Å². The van der Waals surface area contributed by atoms with Crippen LogP contribution in [0.3, 0.4) is 0 Å². The molecular weight excluding hydrogens is 404 g/mol. The molecule has 1 spiro atoms. The van der Waals surface area contributed by atoms with Crippen molar-refractivity contribution in [2.75, 3.05) is 51.4 Å². The highest BCUT2D eigenvalue weighted by atomic mass is 32.1. The van der Waals surface area contributed by atoms with Gasteiger partial charge in [-0.1, -0.05) is 0 Å². The zero-order chi connectivity index (χ0) is 20.7. The average molecular weight is 433 g/mol. The number of ether oxygens (including phenoxy) is 3. The lowest BCUT2D eigenvalue weighted by Gasteiger charge is -2.38. The number of primary amides is 1. The van der Waals surface area contributed by atoms with Crippen LogP contribution in [0.15, 0.2) is 12.1 Å². The predicted molar refractivity (Wildman–Crippen MR) is 115 cm³/mol. The second-order valence-electron chi connectivity index (χ2n) is 8.27. The molecule has 3 aliphatic rings. The average Bonchev–Trinajstić information content (AvgIpc) is 3.39. The number of hydrogen-bond acceptors (Lipinski definition) is 7. The van der Waals surface area contributed by atoms with Crippen molar-refractivity contribution < 1.29 is 19.0 Å². The first-order chi connectivity index (χ1) is 14.6. The Hall–Kier alpha value is -2.10. The summed E-state index contributed by atoms with van der Waals surface area (Å²) >= 11 is 1.71. The van der Waals surface area contributed by atoms with E-state index in [1.54, 1.807) is 23.3 Å². The molecule has 1 unspecified atom stereocenters. The summed E-state index contributed by atoms with van der Waals surface area (Å²) in [5, 5.41) is 1.01. The van der Waals surface area contributed by atoms with Gasteiger partial charge < -0.3 is 29.7 Å². The van der Waals surface area contributed by atoms with Crippen LogP contribution in [0.2, 0.25) is 0 Å². The van der Waals surface area contributed by atoms with Crippen LogP contribution in [-0.4, -0.2) is 68.0 Å². The van der Waals surface area contributed by atoms with E-state index in [9.17, 15) is 4.79 Å². The molecule has 0 radical (unpaired) electrons. The first kappa shape index (κ1) is 19.8. The number of aromatic nitrogens is 1. The van der Waals surface area contributed by atoms with E-state index in [0.717, 1.165) is 73.0 Å². The number of fused-ring (bicyclic) bond motifs is 1. The Morgan fingerprint density at radius 2 is 2.00 bits per heavy atom. The molecule has 162 valence electrons. The fourth-order valence-electron chi connectivity index (χ4n) is 4.83. The number of amides is 2. The van der Waals surface area contributed by atoms with Crippen molar-refractivity contribution in [1.82, 2.24) is 9.88 Å². The summed E-state index contributed by atoms with van der Waals surface area (Å²) in [5.41, 5.74) is 7.38. The second-order valence-corrected chi connectivity index (χ2v) is 9.30. The monoisotopic (exact) mass is 432 g/mol. The molecule has 1 aromatic heterocycles. The van der Waals surface area contributed by atoms with Crippen molar-refractivity contribution in [2.24, 2.45) is 5.73 Å². The molecule has 3 fully saturated rings. The lowest BCUT2D eigenvalue weighted by molar-refractivity contribution is -0.0725. The number of anilines is 1. The minimum Gasteiger partial charge on any atom is -0.494 e. The number of benzene rings is 1. The number of nitrogens with zero attached hydrogens (tertiary/aromatic N) is 3. The van der Waals surface area contributed by atoms with Gasteiger partial charge in [0.1, 0.15) is 22.4 Å². The fourth-order valence-corrected chi connectivity index (χ4v) is 6.02.